The van der Waals surface area contributed by atoms with Gasteiger partial charge < -0.3 is 9.63 Å². The Morgan fingerprint density at radius 2 is 1.32 bits per heavy atom. The van der Waals surface area contributed by atoms with Crippen LogP contribution in [0, 0.1) is 0 Å². The van der Waals surface area contributed by atoms with E-state index in [2.05, 4.69) is 15.9 Å². The summed E-state index contributed by atoms with van der Waals surface area (Å²) in [6, 6.07) is 25.6. The summed E-state index contributed by atoms with van der Waals surface area (Å²) in [6.45, 7) is -0.0529. The van der Waals surface area contributed by atoms with Gasteiger partial charge in [-0.05, 0) is 42.0 Å². The lowest BCUT2D eigenvalue weighted by atomic mass is 10.1. The Morgan fingerprint density at radius 3 is 1.80 bits per heavy atom. The van der Waals surface area contributed by atoms with Crippen LogP contribution in [0.5, 0.6) is 0 Å². The molecule has 0 aliphatic heterocycles. The summed E-state index contributed by atoms with van der Waals surface area (Å²) < 4.78 is 20.4. The smallest absolute Gasteiger partial charge is 0.261 e. The van der Waals surface area contributed by atoms with Crippen molar-refractivity contribution in [2.75, 3.05) is 6.61 Å². The molecule has 1 atom stereocenters. The van der Waals surface area contributed by atoms with Crippen LogP contribution in [0.4, 0.5) is 0 Å². The van der Waals surface area contributed by atoms with Crippen LogP contribution in [0.3, 0.4) is 0 Å². The van der Waals surface area contributed by atoms with Crippen molar-refractivity contribution in [3.63, 3.8) is 0 Å². The molecule has 0 saturated heterocycles. The first kappa shape index (κ1) is 18.1. The molecule has 1 N–H and O–H groups in total. The van der Waals surface area contributed by atoms with Crippen molar-refractivity contribution in [3.8, 4) is 0 Å². The summed E-state index contributed by atoms with van der Waals surface area (Å²) in [5.74, 6) is 0. The van der Waals surface area contributed by atoms with Crippen molar-refractivity contribution in [2.45, 2.75) is 6.10 Å². The third kappa shape index (κ3) is 4.28. The molecule has 128 valence electrons. The highest BCUT2D eigenvalue weighted by atomic mass is 79.9. The molecule has 0 amide bonds. The number of aliphatic hydroxyl groups excluding tert-OH is 1. The molecule has 0 heterocycles. The fraction of sp³-hybridized carbons (Fsp3) is 0.100. The Labute approximate surface area is 155 Å². The van der Waals surface area contributed by atoms with Crippen LogP contribution in [0.25, 0.3) is 0 Å². The normalized spacial score (nSPS) is 12.7. The minimum Gasteiger partial charge on any atom is -0.386 e. The number of hydrogen-bond donors (Lipinski definition) is 1. The van der Waals surface area contributed by atoms with E-state index < -0.39 is 13.5 Å². The number of hydrogen-bond acceptors (Lipinski definition) is 3. The van der Waals surface area contributed by atoms with Gasteiger partial charge in [-0.25, -0.2) is 0 Å². The van der Waals surface area contributed by atoms with Crippen LogP contribution in [0.1, 0.15) is 11.7 Å². The lowest BCUT2D eigenvalue weighted by molar-refractivity contribution is 0.112. The monoisotopic (exact) mass is 416 g/mol. The number of halogens is 1. The fourth-order valence-electron chi connectivity index (χ4n) is 2.50. The maximum atomic E-state index is 13.7. The van der Waals surface area contributed by atoms with Gasteiger partial charge in [0.15, 0.2) is 0 Å². The molecule has 0 spiro atoms. The molecular weight excluding hydrogens is 399 g/mol. The number of aliphatic hydroxyl groups is 1. The van der Waals surface area contributed by atoms with Gasteiger partial charge in [0.1, 0.15) is 6.10 Å². The van der Waals surface area contributed by atoms with Crippen molar-refractivity contribution >= 4 is 33.9 Å². The highest BCUT2D eigenvalue weighted by Crippen LogP contribution is 2.45. The van der Waals surface area contributed by atoms with Gasteiger partial charge in [0.25, 0.3) is 7.37 Å². The third-order valence-electron chi connectivity index (χ3n) is 3.86. The summed E-state index contributed by atoms with van der Waals surface area (Å²) in [5, 5.41) is 11.6. The first-order valence-electron chi connectivity index (χ1n) is 7.89. The maximum absolute atomic E-state index is 13.7. The van der Waals surface area contributed by atoms with E-state index in [0.29, 0.717) is 10.6 Å². The third-order valence-corrected chi connectivity index (χ3v) is 6.86. The van der Waals surface area contributed by atoms with Crippen molar-refractivity contribution in [3.05, 3.63) is 95.0 Å². The molecule has 0 aliphatic rings. The van der Waals surface area contributed by atoms with E-state index in [1.165, 1.54) is 0 Å². The highest BCUT2D eigenvalue weighted by Gasteiger charge is 2.29. The first-order chi connectivity index (χ1) is 12.1. The highest BCUT2D eigenvalue weighted by molar-refractivity contribution is 9.10. The largest absolute Gasteiger partial charge is 0.386 e. The predicted molar refractivity (Wildman–Crippen MR) is 105 cm³/mol. The standard InChI is InChI=1S/C20H18BrO3P/c21-17-13-11-16(12-14-17)20(22)15-24-25(23,18-7-3-1-4-8-18)19-9-5-2-6-10-19/h1-14,20,22H,15H2. The number of benzene rings is 3. The summed E-state index contributed by atoms with van der Waals surface area (Å²) >= 11 is 3.37. The van der Waals surface area contributed by atoms with Crippen LogP contribution in [-0.4, -0.2) is 11.7 Å². The van der Waals surface area contributed by atoms with E-state index in [1.54, 1.807) is 24.3 Å². The van der Waals surface area contributed by atoms with Crippen molar-refractivity contribution in [1.82, 2.24) is 0 Å². The summed E-state index contributed by atoms with van der Waals surface area (Å²) in [6.07, 6.45) is -0.853. The van der Waals surface area contributed by atoms with Gasteiger partial charge in [0.05, 0.1) is 6.61 Å². The van der Waals surface area contributed by atoms with Crippen LogP contribution >= 0.6 is 23.3 Å². The zero-order valence-electron chi connectivity index (χ0n) is 13.5. The van der Waals surface area contributed by atoms with Crippen molar-refractivity contribution in [1.29, 1.82) is 0 Å². The Hall–Kier alpha value is -1.71. The van der Waals surface area contributed by atoms with Gasteiger partial charge in [-0.15, -0.1) is 0 Å². The van der Waals surface area contributed by atoms with E-state index in [4.69, 9.17) is 4.52 Å². The molecule has 1 unspecified atom stereocenters. The SMILES string of the molecule is O=P(OCC(O)c1ccc(Br)cc1)(c1ccccc1)c1ccccc1. The lowest BCUT2D eigenvalue weighted by Crippen LogP contribution is -2.20. The predicted octanol–water partition coefficient (Wildman–Crippen LogP) is 4.43. The molecule has 0 fully saturated rings. The van der Waals surface area contributed by atoms with Crippen LogP contribution in [0.2, 0.25) is 0 Å². The van der Waals surface area contributed by atoms with E-state index in [0.717, 1.165) is 10.0 Å². The molecule has 0 radical (unpaired) electrons. The molecule has 0 bridgehead atoms. The van der Waals surface area contributed by atoms with Gasteiger partial charge in [0, 0.05) is 15.1 Å². The topological polar surface area (TPSA) is 46.5 Å². The zero-order chi connectivity index (χ0) is 17.7. The van der Waals surface area contributed by atoms with Gasteiger partial charge in [-0.2, -0.15) is 0 Å². The molecule has 0 aliphatic carbocycles. The molecule has 3 aromatic rings. The van der Waals surface area contributed by atoms with Crippen LogP contribution < -0.4 is 10.6 Å². The average Bonchev–Trinajstić information content (AvgIpc) is 2.68. The second-order valence-corrected chi connectivity index (χ2v) is 8.90. The summed E-state index contributed by atoms with van der Waals surface area (Å²) in [4.78, 5) is 0. The molecular formula is C20H18BrO3P. The number of rotatable bonds is 6. The van der Waals surface area contributed by atoms with Crippen LogP contribution in [0.15, 0.2) is 89.4 Å². The Kier molecular flexibility index (Phi) is 5.87. The Balaban J connectivity index is 1.86. The van der Waals surface area contributed by atoms with Gasteiger partial charge in [-0.1, -0.05) is 64.5 Å². The van der Waals surface area contributed by atoms with Crippen LogP contribution in [-0.2, 0) is 9.09 Å². The maximum Gasteiger partial charge on any atom is 0.261 e. The molecule has 25 heavy (non-hydrogen) atoms. The summed E-state index contributed by atoms with van der Waals surface area (Å²) in [7, 11) is -3.28. The fourth-order valence-corrected chi connectivity index (χ4v) is 4.84. The summed E-state index contributed by atoms with van der Waals surface area (Å²) in [5.41, 5.74) is 0.718. The Morgan fingerprint density at radius 1 is 0.840 bits per heavy atom. The average molecular weight is 417 g/mol. The minimum atomic E-state index is -3.28. The second kappa shape index (κ2) is 8.11. The zero-order valence-corrected chi connectivity index (χ0v) is 15.9. The molecule has 3 aromatic carbocycles. The van der Waals surface area contributed by atoms with E-state index >= 15 is 0 Å². The molecule has 0 saturated carbocycles. The van der Waals surface area contributed by atoms with E-state index in [9.17, 15) is 9.67 Å². The minimum absolute atomic E-state index is 0.0529. The quantitative estimate of drug-likeness (QED) is 0.604. The van der Waals surface area contributed by atoms with Crippen molar-refractivity contribution < 1.29 is 14.2 Å². The first-order valence-corrected chi connectivity index (χ1v) is 10.3. The second-order valence-electron chi connectivity index (χ2n) is 5.59. The van der Waals surface area contributed by atoms with Gasteiger partial charge in [-0.3, -0.25) is 4.57 Å². The lowest BCUT2D eigenvalue weighted by Gasteiger charge is -2.21. The van der Waals surface area contributed by atoms with Crippen molar-refractivity contribution in [2.24, 2.45) is 0 Å². The van der Waals surface area contributed by atoms with E-state index in [-0.39, 0.29) is 6.61 Å². The van der Waals surface area contributed by atoms with E-state index in [1.807, 2.05) is 60.7 Å². The molecule has 0 aromatic heterocycles. The molecule has 5 heteroatoms. The van der Waals surface area contributed by atoms with Gasteiger partial charge >= 0.3 is 0 Å². The molecule has 3 rings (SSSR count). The Bertz CT molecular complexity index is 808. The molecule has 3 nitrogen and oxygen atoms in total. The van der Waals surface area contributed by atoms with Gasteiger partial charge in [0.2, 0.25) is 0 Å².